The van der Waals surface area contributed by atoms with Crippen LogP contribution in [-0.4, -0.2) is 21.6 Å². The van der Waals surface area contributed by atoms with E-state index >= 15 is 0 Å². The minimum absolute atomic E-state index is 0.0157. The SMILES string of the molecule is O[C@@H](c1cccc(F)c1)C1CCC2(CC=CC2)N1Cc1ccccc1. The second-order valence-electron chi connectivity index (χ2n) is 7.32. The van der Waals surface area contributed by atoms with Crippen molar-refractivity contribution in [2.24, 2.45) is 0 Å². The number of likely N-dealkylation sites (tertiary alicyclic amines) is 1. The Bertz CT molecular complexity index is 750. The lowest BCUT2D eigenvalue weighted by atomic mass is 9.93. The van der Waals surface area contributed by atoms with E-state index in [0.717, 1.165) is 32.2 Å². The van der Waals surface area contributed by atoms with Crippen LogP contribution in [0.2, 0.25) is 0 Å². The highest BCUT2D eigenvalue weighted by atomic mass is 19.1. The van der Waals surface area contributed by atoms with Gasteiger partial charge in [0.1, 0.15) is 5.82 Å². The minimum atomic E-state index is -0.667. The van der Waals surface area contributed by atoms with Crippen LogP contribution in [0, 0.1) is 5.82 Å². The zero-order chi connectivity index (χ0) is 17.3. The normalized spacial score (nSPS) is 23.4. The van der Waals surface area contributed by atoms with Gasteiger partial charge in [-0.15, -0.1) is 0 Å². The molecular formula is C22H24FNO. The molecule has 25 heavy (non-hydrogen) atoms. The van der Waals surface area contributed by atoms with E-state index in [2.05, 4.69) is 41.3 Å². The second-order valence-corrected chi connectivity index (χ2v) is 7.32. The number of aliphatic hydroxyl groups is 1. The van der Waals surface area contributed by atoms with Crippen molar-refractivity contribution in [1.82, 2.24) is 4.90 Å². The van der Waals surface area contributed by atoms with Crippen molar-refractivity contribution in [2.45, 2.75) is 49.9 Å². The summed E-state index contributed by atoms with van der Waals surface area (Å²) >= 11 is 0. The van der Waals surface area contributed by atoms with Crippen molar-refractivity contribution in [2.75, 3.05) is 0 Å². The van der Waals surface area contributed by atoms with Gasteiger partial charge < -0.3 is 5.11 Å². The zero-order valence-electron chi connectivity index (χ0n) is 14.3. The lowest BCUT2D eigenvalue weighted by Crippen LogP contribution is -2.47. The van der Waals surface area contributed by atoms with Crippen LogP contribution in [0.1, 0.15) is 42.9 Å². The van der Waals surface area contributed by atoms with E-state index < -0.39 is 6.10 Å². The molecule has 3 heteroatoms. The summed E-state index contributed by atoms with van der Waals surface area (Å²) in [6.07, 6.45) is 7.93. The van der Waals surface area contributed by atoms with Crippen LogP contribution in [0.3, 0.4) is 0 Å². The van der Waals surface area contributed by atoms with Crippen LogP contribution >= 0.6 is 0 Å². The highest BCUT2D eigenvalue weighted by Crippen LogP contribution is 2.46. The van der Waals surface area contributed by atoms with E-state index in [-0.39, 0.29) is 17.4 Å². The van der Waals surface area contributed by atoms with Gasteiger partial charge in [0, 0.05) is 18.1 Å². The Hall–Kier alpha value is -1.97. The Kier molecular flexibility index (Phi) is 4.45. The van der Waals surface area contributed by atoms with E-state index in [1.807, 2.05) is 12.1 Å². The molecule has 1 heterocycles. The topological polar surface area (TPSA) is 23.5 Å². The standard InChI is InChI=1S/C22H24FNO/c23-19-10-6-9-18(15-19)21(25)20-11-14-22(12-4-5-13-22)24(20)16-17-7-2-1-3-8-17/h1-10,15,20-21,25H,11-14,16H2/t20?,21-/m0/s1. The van der Waals surface area contributed by atoms with Gasteiger partial charge in [0.15, 0.2) is 0 Å². The number of nitrogens with zero attached hydrogens (tertiary/aromatic N) is 1. The monoisotopic (exact) mass is 337 g/mol. The molecule has 1 saturated heterocycles. The summed E-state index contributed by atoms with van der Waals surface area (Å²) in [7, 11) is 0. The number of hydrogen-bond acceptors (Lipinski definition) is 2. The Labute approximate surface area is 148 Å². The number of halogens is 1. The van der Waals surface area contributed by atoms with Gasteiger partial charge in [-0.2, -0.15) is 0 Å². The summed E-state index contributed by atoms with van der Waals surface area (Å²) in [5, 5.41) is 11.0. The molecule has 2 aliphatic rings. The van der Waals surface area contributed by atoms with Crippen LogP contribution in [0.25, 0.3) is 0 Å². The van der Waals surface area contributed by atoms with Gasteiger partial charge in [0.2, 0.25) is 0 Å². The van der Waals surface area contributed by atoms with Crippen LogP contribution < -0.4 is 0 Å². The van der Waals surface area contributed by atoms with Crippen molar-refractivity contribution in [3.8, 4) is 0 Å². The minimum Gasteiger partial charge on any atom is -0.387 e. The molecule has 130 valence electrons. The van der Waals surface area contributed by atoms with Crippen molar-refractivity contribution in [3.05, 3.63) is 83.7 Å². The van der Waals surface area contributed by atoms with E-state index in [1.54, 1.807) is 6.07 Å². The molecular weight excluding hydrogens is 313 g/mol. The van der Waals surface area contributed by atoms with Crippen LogP contribution in [0.15, 0.2) is 66.7 Å². The lowest BCUT2D eigenvalue weighted by Gasteiger charge is -2.40. The molecule has 2 aromatic rings. The largest absolute Gasteiger partial charge is 0.387 e. The zero-order valence-corrected chi connectivity index (χ0v) is 14.3. The van der Waals surface area contributed by atoms with Gasteiger partial charge in [-0.1, -0.05) is 54.6 Å². The molecule has 0 radical (unpaired) electrons. The molecule has 2 aromatic carbocycles. The highest BCUT2D eigenvalue weighted by Gasteiger charge is 2.48. The maximum Gasteiger partial charge on any atom is 0.123 e. The first-order valence-corrected chi connectivity index (χ1v) is 9.07. The van der Waals surface area contributed by atoms with Gasteiger partial charge in [-0.3, -0.25) is 4.90 Å². The number of hydrogen-bond donors (Lipinski definition) is 1. The Morgan fingerprint density at radius 1 is 1.08 bits per heavy atom. The summed E-state index contributed by atoms with van der Waals surface area (Å²) in [6, 6.07) is 16.8. The van der Waals surface area contributed by atoms with Gasteiger partial charge in [0.05, 0.1) is 6.10 Å². The van der Waals surface area contributed by atoms with Crippen molar-refractivity contribution in [3.63, 3.8) is 0 Å². The molecule has 0 amide bonds. The molecule has 1 aliphatic heterocycles. The fourth-order valence-corrected chi connectivity index (χ4v) is 4.50. The summed E-state index contributed by atoms with van der Waals surface area (Å²) in [5.74, 6) is -0.290. The average Bonchev–Trinajstić information content (AvgIpc) is 3.24. The number of rotatable bonds is 4. The number of aliphatic hydroxyl groups excluding tert-OH is 1. The Morgan fingerprint density at radius 2 is 1.84 bits per heavy atom. The second kappa shape index (κ2) is 6.74. The fourth-order valence-electron chi connectivity index (χ4n) is 4.50. The summed E-state index contributed by atoms with van der Waals surface area (Å²) < 4.78 is 13.6. The number of benzene rings is 2. The third-order valence-corrected chi connectivity index (χ3v) is 5.83. The Balaban J connectivity index is 1.63. The third-order valence-electron chi connectivity index (χ3n) is 5.83. The predicted molar refractivity (Wildman–Crippen MR) is 97.5 cm³/mol. The van der Waals surface area contributed by atoms with Gasteiger partial charge in [0.25, 0.3) is 0 Å². The maximum atomic E-state index is 13.6. The van der Waals surface area contributed by atoms with E-state index in [0.29, 0.717) is 5.56 Å². The van der Waals surface area contributed by atoms with Crippen molar-refractivity contribution < 1.29 is 9.50 Å². The maximum absolute atomic E-state index is 13.6. The molecule has 1 fully saturated rings. The molecule has 2 nitrogen and oxygen atoms in total. The molecule has 1 N–H and O–H groups in total. The van der Waals surface area contributed by atoms with E-state index in [9.17, 15) is 9.50 Å². The van der Waals surface area contributed by atoms with Crippen LogP contribution in [0.4, 0.5) is 4.39 Å². The molecule has 0 bridgehead atoms. The first kappa shape index (κ1) is 16.5. The third kappa shape index (κ3) is 3.14. The van der Waals surface area contributed by atoms with Crippen molar-refractivity contribution >= 4 is 0 Å². The average molecular weight is 337 g/mol. The van der Waals surface area contributed by atoms with Gasteiger partial charge in [-0.05, 0) is 48.9 Å². The molecule has 2 atom stereocenters. The summed E-state index contributed by atoms with van der Waals surface area (Å²) in [5.41, 5.74) is 2.03. The molecule has 1 spiro atoms. The van der Waals surface area contributed by atoms with Crippen LogP contribution in [0.5, 0.6) is 0 Å². The van der Waals surface area contributed by atoms with Crippen LogP contribution in [-0.2, 0) is 6.54 Å². The summed E-state index contributed by atoms with van der Waals surface area (Å²) in [4.78, 5) is 2.47. The Morgan fingerprint density at radius 3 is 2.56 bits per heavy atom. The lowest BCUT2D eigenvalue weighted by molar-refractivity contribution is 0.0189. The predicted octanol–water partition coefficient (Wildman–Crippen LogP) is 4.61. The van der Waals surface area contributed by atoms with Crippen molar-refractivity contribution in [1.29, 1.82) is 0 Å². The molecule has 0 aromatic heterocycles. The highest BCUT2D eigenvalue weighted by molar-refractivity contribution is 5.24. The molecule has 1 unspecified atom stereocenters. The fraction of sp³-hybridized carbons (Fsp3) is 0.364. The smallest absolute Gasteiger partial charge is 0.123 e. The quantitative estimate of drug-likeness (QED) is 0.824. The van der Waals surface area contributed by atoms with E-state index in [4.69, 9.17) is 0 Å². The summed E-state index contributed by atoms with van der Waals surface area (Å²) in [6.45, 7) is 0.819. The van der Waals surface area contributed by atoms with Gasteiger partial charge >= 0.3 is 0 Å². The molecule has 4 rings (SSSR count). The molecule has 1 aliphatic carbocycles. The van der Waals surface area contributed by atoms with Gasteiger partial charge in [-0.25, -0.2) is 4.39 Å². The first-order chi connectivity index (χ1) is 12.2. The first-order valence-electron chi connectivity index (χ1n) is 9.07. The van der Waals surface area contributed by atoms with E-state index in [1.165, 1.54) is 17.7 Å². The molecule has 0 saturated carbocycles.